The number of phenols is 1. The molecule has 0 radical (unpaired) electrons. The van der Waals surface area contributed by atoms with E-state index in [2.05, 4.69) is 62.5 Å². The number of nitrogen functional groups attached to an aromatic ring is 1. The van der Waals surface area contributed by atoms with E-state index in [0.29, 0.717) is 35.0 Å². The lowest BCUT2D eigenvalue weighted by atomic mass is 10.1. The molecule has 2 aliphatic rings. The molecule has 0 amide bonds. The number of para-hydroxylation sites is 1. The molecule has 38 heavy (non-hydrogen) atoms. The van der Waals surface area contributed by atoms with E-state index in [1.54, 1.807) is 18.3 Å². The summed E-state index contributed by atoms with van der Waals surface area (Å²) < 4.78 is 0. The second kappa shape index (κ2) is 11.2. The fourth-order valence-electron chi connectivity index (χ4n) is 5.45. The van der Waals surface area contributed by atoms with Crippen molar-refractivity contribution in [3.63, 3.8) is 0 Å². The van der Waals surface area contributed by atoms with Crippen molar-refractivity contribution in [2.24, 2.45) is 0 Å². The maximum Gasteiger partial charge on any atom is 0.206 e. The summed E-state index contributed by atoms with van der Waals surface area (Å²) in [6.45, 7) is 9.84. The van der Waals surface area contributed by atoms with E-state index >= 15 is 0 Å². The zero-order chi connectivity index (χ0) is 26.6. The SMILES string of the molecule is CC1CCC(C)N1CC#Cc1nccc(N2CCN(c3cc(-c4ccccc4O)nnc3N)CC[C@H]2C)n1. The van der Waals surface area contributed by atoms with Gasteiger partial charge in [-0.15, -0.1) is 10.2 Å². The zero-order valence-electron chi connectivity index (χ0n) is 22.4. The number of aromatic nitrogens is 4. The predicted molar refractivity (Wildman–Crippen MR) is 151 cm³/mol. The van der Waals surface area contributed by atoms with Gasteiger partial charge < -0.3 is 20.6 Å². The molecule has 1 aromatic carbocycles. The maximum atomic E-state index is 10.3. The standard InChI is InChI=1S/C29H36N8O/c1-20-10-11-21(2)36(20)15-6-9-27-31-14-12-28(32-27)37-18-17-35(16-13-22(37)3)25-19-24(33-34-29(25)30)23-7-4-5-8-26(23)38/h4-5,7-8,12,14,19-22,38H,10-11,13,15-18H2,1-3H3,(H2,30,34)/t20?,21?,22-/m1/s1. The lowest BCUT2D eigenvalue weighted by Crippen LogP contribution is -2.35. The second-order valence-corrected chi connectivity index (χ2v) is 10.3. The Morgan fingerprint density at radius 3 is 2.55 bits per heavy atom. The molecule has 198 valence electrons. The predicted octanol–water partition coefficient (Wildman–Crippen LogP) is 3.55. The van der Waals surface area contributed by atoms with E-state index < -0.39 is 0 Å². The minimum atomic E-state index is 0.167. The van der Waals surface area contributed by atoms with E-state index in [-0.39, 0.29) is 11.8 Å². The molecule has 9 heteroatoms. The molecule has 2 unspecified atom stereocenters. The first kappa shape index (κ1) is 25.7. The summed E-state index contributed by atoms with van der Waals surface area (Å²) in [4.78, 5) is 16.2. The fraction of sp³-hybridized carbons (Fsp3) is 0.448. The number of benzene rings is 1. The highest BCUT2D eigenvalue weighted by Crippen LogP contribution is 2.32. The molecule has 2 fully saturated rings. The Balaban J connectivity index is 1.31. The molecule has 0 bridgehead atoms. The first-order valence-corrected chi connectivity index (χ1v) is 13.4. The summed E-state index contributed by atoms with van der Waals surface area (Å²) in [6.07, 6.45) is 5.18. The van der Waals surface area contributed by atoms with E-state index in [0.717, 1.165) is 44.1 Å². The van der Waals surface area contributed by atoms with Crippen molar-refractivity contribution >= 4 is 17.3 Å². The van der Waals surface area contributed by atoms with E-state index in [1.165, 1.54) is 12.8 Å². The summed E-state index contributed by atoms with van der Waals surface area (Å²) in [5.74, 6) is 8.48. The first-order valence-electron chi connectivity index (χ1n) is 13.4. The van der Waals surface area contributed by atoms with Crippen molar-refractivity contribution in [2.45, 2.75) is 58.2 Å². The third-order valence-electron chi connectivity index (χ3n) is 7.81. The van der Waals surface area contributed by atoms with Crippen LogP contribution in [0.3, 0.4) is 0 Å². The molecule has 0 aliphatic carbocycles. The number of nitrogens with zero attached hydrogens (tertiary/aromatic N) is 7. The second-order valence-electron chi connectivity index (χ2n) is 10.3. The van der Waals surface area contributed by atoms with Gasteiger partial charge in [-0.3, -0.25) is 4.90 Å². The van der Waals surface area contributed by atoms with Crippen LogP contribution in [0.15, 0.2) is 42.6 Å². The van der Waals surface area contributed by atoms with Crippen LogP contribution in [0.4, 0.5) is 17.3 Å². The van der Waals surface area contributed by atoms with Crippen LogP contribution in [0.1, 0.15) is 45.9 Å². The smallest absolute Gasteiger partial charge is 0.206 e. The highest BCUT2D eigenvalue weighted by Gasteiger charge is 2.26. The number of likely N-dealkylation sites (tertiary alicyclic amines) is 1. The number of anilines is 3. The topological polar surface area (TPSA) is 108 Å². The Morgan fingerprint density at radius 1 is 0.974 bits per heavy atom. The molecule has 2 aliphatic heterocycles. The van der Waals surface area contributed by atoms with Gasteiger partial charge in [0.25, 0.3) is 0 Å². The first-order chi connectivity index (χ1) is 18.4. The Morgan fingerprint density at radius 2 is 1.76 bits per heavy atom. The molecular weight excluding hydrogens is 476 g/mol. The lowest BCUT2D eigenvalue weighted by molar-refractivity contribution is 0.243. The van der Waals surface area contributed by atoms with E-state index in [4.69, 9.17) is 10.7 Å². The molecule has 3 aromatic rings. The van der Waals surface area contributed by atoms with Gasteiger partial charge in [-0.25, -0.2) is 9.97 Å². The highest BCUT2D eigenvalue weighted by atomic mass is 16.3. The van der Waals surface area contributed by atoms with Crippen LogP contribution in [0, 0.1) is 11.8 Å². The molecular formula is C29H36N8O. The molecule has 3 N–H and O–H groups in total. The van der Waals surface area contributed by atoms with Crippen molar-refractivity contribution in [2.75, 3.05) is 41.7 Å². The lowest BCUT2D eigenvalue weighted by Gasteiger charge is -2.28. The van der Waals surface area contributed by atoms with Gasteiger partial charge in [0.05, 0.1) is 17.9 Å². The molecule has 5 rings (SSSR count). The maximum absolute atomic E-state index is 10.3. The zero-order valence-corrected chi connectivity index (χ0v) is 22.4. The van der Waals surface area contributed by atoms with Gasteiger partial charge >= 0.3 is 0 Å². The number of hydrogen-bond donors (Lipinski definition) is 2. The van der Waals surface area contributed by atoms with Gasteiger partial charge in [0.1, 0.15) is 11.6 Å². The third kappa shape index (κ3) is 5.50. The van der Waals surface area contributed by atoms with Crippen LogP contribution >= 0.6 is 0 Å². The molecule has 9 nitrogen and oxygen atoms in total. The van der Waals surface area contributed by atoms with Crippen molar-refractivity contribution in [1.82, 2.24) is 25.1 Å². The van der Waals surface area contributed by atoms with E-state index in [9.17, 15) is 5.11 Å². The normalized spacial score (nSPS) is 22.1. The summed E-state index contributed by atoms with van der Waals surface area (Å²) in [7, 11) is 0. The Kier molecular flexibility index (Phi) is 7.61. The van der Waals surface area contributed by atoms with Gasteiger partial charge in [0.2, 0.25) is 5.82 Å². The van der Waals surface area contributed by atoms with Crippen LogP contribution < -0.4 is 15.5 Å². The van der Waals surface area contributed by atoms with Gasteiger partial charge in [-0.05, 0) is 70.2 Å². The molecule has 2 saturated heterocycles. The molecule has 0 saturated carbocycles. The summed E-state index contributed by atoms with van der Waals surface area (Å²) >= 11 is 0. The third-order valence-corrected chi connectivity index (χ3v) is 7.81. The highest BCUT2D eigenvalue weighted by molar-refractivity contribution is 5.74. The summed E-state index contributed by atoms with van der Waals surface area (Å²) in [5, 5.41) is 18.7. The van der Waals surface area contributed by atoms with Crippen LogP contribution in [-0.2, 0) is 0 Å². The van der Waals surface area contributed by atoms with Crippen LogP contribution in [-0.4, -0.2) is 74.5 Å². The van der Waals surface area contributed by atoms with Gasteiger partial charge in [-0.2, -0.15) is 0 Å². The van der Waals surface area contributed by atoms with Crippen molar-refractivity contribution in [3.8, 4) is 28.8 Å². The molecule has 3 atom stereocenters. The van der Waals surface area contributed by atoms with Gasteiger partial charge in [0, 0.05) is 49.5 Å². The number of nitrogens with two attached hydrogens (primary N) is 1. The molecule has 0 spiro atoms. The summed E-state index contributed by atoms with van der Waals surface area (Å²) in [6, 6.07) is 12.4. The Hall–Kier alpha value is -3.90. The summed E-state index contributed by atoms with van der Waals surface area (Å²) in [5.41, 5.74) is 8.32. The average Bonchev–Trinajstić information content (AvgIpc) is 3.11. The minimum Gasteiger partial charge on any atom is -0.507 e. The van der Waals surface area contributed by atoms with Crippen molar-refractivity contribution < 1.29 is 5.11 Å². The number of phenolic OH excluding ortho intramolecular Hbond substituents is 1. The van der Waals surface area contributed by atoms with Crippen LogP contribution in [0.2, 0.25) is 0 Å². The molecule has 2 aromatic heterocycles. The average molecular weight is 513 g/mol. The number of hydrogen-bond acceptors (Lipinski definition) is 9. The van der Waals surface area contributed by atoms with Crippen LogP contribution in [0.5, 0.6) is 5.75 Å². The van der Waals surface area contributed by atoms with Gasteiger partial charge in [-0.1, -0.05) is 18.1 Å². The van der Waals surface area contributed by atoms with Crippen molar-refractivity contribution in [1.29, 1.82) is 0 Å². The minimum absolute atomic E-state index is 0.167. The van der Waals surface area contributed by atoms with E-state index in [1.807, 2.05) is 24.3 Å². The van der Waals surface area contributed by atoms with Crippen LogP contribution in [0.25, 0.3) is 11.3 Å². The Labute approximate surface area is 224 Å². The Bertz CT molecular complexity index is 1330. The van der Waals surface area contributed by atoms with Gasteiger partial charge in [0.15, 0.2) is 5.82 Å². The quantitative estimate of drug-likeness (QED) is 0.508. The fourth-order valence-corrected chi connectivity index (χ4v) is 5.45. The van der Waals surface area contributed by atoms with Crippen molar-refractivity contribution in [3.05, 3.63) is 48.4 Å². The number of aromatic hydroxyl groups is 1. The molecule has 4 heterocycles. The number of rotatable bonds is 4. The monoisotopic (exact) mass is 512 g/mol. The largest absolute Gasteiger partial charge is 0.507 e.